The Morgan fingerprint density at radius 2 is 2.00 bits per heavy atom. The number of aromatic nitrogens is 2. The number of hydrogen-bond acceptors (Lipinski definition) is 2. The van der Waals surface area contributed by atoms with Gasteiger partial charge in [0.25, 0.3) is 0 Å². The van der Waals surface area contributed by atoms with Gasteiger partial charge in [-0.1, -0.05) is 36.7 Å². The predicted molar refractivity (Wildman–Crippen MR) is 90.6 cm³/mol. The molecule has 110 valence electrons. The van der Waals surface area contributed by atoms with E-state index in [-0.39, 0.29) is 5.04 Å². The van der Waals surface area contributed by atoms with Crippen LogP contribution in [0.3, 0.4) is 0 Å². The van der Waals surface area contributed by atoms with Gasteiger partial charge in [-0.15, -0.1) is 0 Å². The molecule has 0 spiro atoms. The Morgan fingerprint density at radius 1 is 1.30 bits per heavy atom. The van der Waals surface area contributed by atoms with Crippen LogP contribution in [0.5, 0.6) is 0 Å². The first-order chi connectivity index (χ1) is 9.19. The molecule has 0 radical (unpaired) electrons. The van der Waals surface area contributed by atoms with Crippen molar-refractivity contribution in [2.75, 3.05) is 6.61 Å². The van der Waals surface area contributed by atoms with Crippen molar-refractivity contribution in [1.82, 2.24) is 9.78 Å². The molecule has 20 heavy (non-hydrogen) atoms. The first kappa shape index (κ1) is 15.7. The summed E-state index contributed by atoms with van der Waals surface area (Å²) < 4.78 is 9.25. The van der Waals surface area contributed by atoms with Crippen LogP contribution in [0, 0.1) is 0 Å². The van der Waals surface area contributed by atoms with Crippen LogP contribution in [0.1, 0.15) is 20.8 Å². The quantitative estimate of drug-likeness (QED) is 0.735. The van der Waals surface area contributed by atoms with Gasteiger partial charge >= 0.3 is 0 Å². The maximum atomic E-state index is 6.19. The van der Waals surface area contributed by atoms with Gasteiger partial charge in [-0.25, -0.2) is 0 Å². The van der Waals surface area contributed by atoms with E-state index in [1.54, 1.807) is 0 Å². The van der Waals surface area contributed by atoms with Crippen molar-refractivity contribution in [3.05, 3.63) is 28.9 Å². The van der Waals surface area contributed by atoms with Crippen molar-refractivity contribution >= 4 is 35.2 Å². The molecular formula is C15H23BrN2OSi. The van der Waals surface area contributed by atoms with E-state index in [9.17, 15) is 0 Å². The second-order valence-electron chi connectivity index (χ2n) is 6.70. The number of rotatable bonds is 4. The Kier molecular flexibility index (Phi) is 4.42. The van der Waals surface area contributed by atoms with Crippen molar-refractivity contribution in [2.45, 2.75) is 45.4 Å². The molecule has 0 aliphatic heterocycles. The minimum absolute atomic E-state index is 0.257. The highest BCUT2D eigenvalue weighted by atomic mass is 79.9. The summed E-state index contributed by atoms with van der Waals surface area (Å²) in [6, 6.07) is 6.14. The van der Waals surface area contributed by atoms with Gasteiger partial charge in [0.05, 0.1) is 18.7 Å². The largest absolute Gasteiger partial charge is 0.415 e. The molecule has 2 rings (SSSR count). The Labute approximate surface area is 130 Å². The highest BCUT2D eigenvalue weighted by Crippen LogP contribution is 2.36. The Bertz CT molecular complexity index is 601. The standard InChI is InChI=1S/C15H23BrN2OSi/c1-15(2,3)20(4,5)19-9-8-18-11-12-10-13(16)6-7-14(12)17-18/h6-7,10-11H,8-9H2,1-5H3. The highest BCUT2D eigenvalue weighted by molar-refractivity contribution is 9.10. The van der Waals surface area contributed by atoms with E-state index in [4.69, 9.17) is 4.43 Å². The zero-order valence-electron chi connectivity index (χ0n) is 12.9. The minimum Gasteiger partial charge on any atom is -0.415 e. The SMILES string of the molecule is CC(C)(C)[Si](C)(C)OCCn1cc2cc(Br)ccc2n1. The van der Waals surface area contributed by atoms with Gasteiger partial charge in [-0.05, 0) is 36.3 Å². The van der Waals surface area contributed by atoms with E-state index < -0.39 is 8.32 Å². The topological polar surface area (TPSA) is 27.1 Å². The third kappa shape index (κ3) is 3.51. The molecule has 0 unspecified atom stereocenters. The lowest BCUT2D eigenvalue weighted by Gasteiger charge is -2.36. The molecule has 1 aromatic carbocycles. The lowest BCUT2D eigenvalue weighted by Crippen LogP contribution is -2.41. The molecule has 0 fully saturated rings. The first-order valence-electron chi connectivity index (χ1n) is 6.96. The smallest absolute Gasteiger partial charge is 0.192 e. The van der Waals surface area contributed by atoms with E-state index >= 15 is 0 Å². The summed E-state index contributed by atoms with van der Waals surface area (Å²) >= 11 is 3.49. The number of hydrogen-bond donors (Lipinski definition) is 0. The van der Waals surface area contributed by atoms with Crippen LogP contribution in [-0.2, 0) is 11.0 Å². The van der Waals surface area contributed by atoms with Crippen LogP contribution in [-0.4, -0.2) is 24.7 Å². The van der Waals surface area contributed by atoms with Gasteiger partial charge in [-0.2, -0.15) is 5.10 Å². The van der Waals surface area contributed by atoms with Crippen LogP contribution < -0.4 is 0 Å². The van der Waals surface area contributed by atoms with E-state index in [2.05, 4.69) is 67.2 Å². The van der Waals surface area contributed by atoms with Gasteiger partial charge in [0.2, 0.25) is 0 Å². The van der Waals surface area contributed by atoms with Gasteiger partial charge in [0.1, 0.15) is 0 Å². The minimum atomic E-state index is -1.66. The lowest BCUT2D eigenvalue weighted by molar-refractivity contribution is 0.266. The van der Waals surface area contributed by atoms with E-state index in [1.165, 1.54) is 0 Å². The third-order valence-corrected chi connectivity index (χ3v) is 9.13. The van der Waals surface area contributed by atoms with Crippen molar-refractivity contribution < 1.29 is 4.43 Å². The molecule has 0 N–H and O–H groups in total. The van der Waals surface area contributed by atoms with Crippen LogP contribution in [0.15, 0.2) is 28.9 Å². The second-order valence-corrected chi connectivity index (χ2v) is 12.4. The molecule has 0 amide bonds. The molecule has 0 saturated carbocycles. The van der Waals surface area contributed by atoms with Crippen molar-refractivity contribution in [3.8, 4) is 0 Å². The molecule has 3 nitrogen and oxygen atoms in total. The van der Waals surface area contributed by atoms with E-state index in [0.29, 0.717) is 0 Å². The summed E-state index contributed by atoms with van der Waals surface area (Å²) in [6.45, 7) is 12.9. The summed E-state index contributed by atoms with van der Waals surface area (Å²) in [7, 11) is -1.66. The zero-order chi connectivity index (χ0) is 15.0. The first-order valence-corrected chi connectivity index (χ1v) is 10.7. The van der Waals surface area contributed by atoms with Gasteiger partial charge < -0.3 is 4.43 Å². The second kappa shape index (κ2) is 5.62. The fraction of sp³-hybridized carbons (Fsp3) is 0.533. The average Bonchev–Trinajstić information content (AvgIpc) is 2.68. The van der Waals surface area contributed by atoms with Crippen molar-refractivity contribution in [2.24, 2.45) is 0 Å². The number of fused-ring (bicyclic) bond motifs is 1. The monoisotopic (exact) mass is 354 g/mol. The van der Waals surface area contributed by atoms with Gasteiger partial charge in [0.15, 0.2) is 8.32 Å². The Morgan fingerprint density at radius 3 is 2.65 bits per heavy atom. The summed E-state index contributed by atoms with van der Waals surface area (Å²) in [5.41, 5.74) is 1.03. The van der Waals surface area contributed by atoms with E-state index in [1.807, 2.05) is 16.8 Å². The number of benzene rings is 1. The van der Waals surface area contributed by atoms with Gasteiger partial charge in [-0.3, -0.25) is 4.68 Å². The zero-order valence-corrected chi connectivity index (χ0v) is 15.5. The fourth-order valence-electron chi connectivity index (χ4n) is 1.77. The van der Waals surface area contributed by atoms with Crippen molar-refractivity contribution in [1.29, 1.82) is 0 Å². The molecule has 0 aliphatic carbocycles. The Hall–Kier alpha value is -0.653. The van der Waals surface area contributed by atoms with Crippen LogP contribution in [0.4, 0.5) is 0 Å². The predicted octanol–water partition coefficient (Wildman–Crippen LogP) is 4.82. The number of nitrogens with zero attached hydrogens (tertiary/aromatic N) is 2. The van der Waals surface area contributed by atoms with Crippen LogP contribution in [0.2, 0.25) is 18.1 Å². The Balaban J connectivity index is 2.00. The molecule has 0 saturated heterocycles. The van der Waals surface area contributed by atoms with Crippen LogP contribution >= 0.6 is 15.9 Å². The highest BCUT2D eigenvalue weighted by Gasteiger charge is 2.36. The summed E-state index contributed by atoms with van der Waals surface area (Å²) in [5.74, 6) is 0. The lowest BCUT2D eigenvalue weighted by atomic mass is 10.2. The molecule has 0 bridgehead atoms. The molecule has 2 aromatic rings. The fourth-order valence-corrected chi connectivity index (χ4v) is 3.19. The van der Waals surface area contributed by atoms with E-state index in [0.717, 1.165) is 28.5 Å². The summed E-state index contributed by atoms with van der Waals surface area (Å²) in [5, 5.41) is 5.98. The number of halogens is 1. The average molecular weight is 355 g/mol. The maximum absolute atomic E-state index is 6.19. The maximum Gasteiger partial charge on any atom is 0.192 e. The molecule has 1 aromatic heterocycles. The molecule has 1 heterocycles. The summed E-state index contributed by atoms with van der Waals surface area (Å²) in [6.07, 6.45) is 2.08. The molecule has 0 aliphatic rings. The van der Waals surface area contributed by atoms with Crippen LogP contribution in [0.25, 0.3) is 10.9 Å². The molecule has 5 heteroatoms. The van der Waals surface area contributed by atoms with Gasteiger partial charge in [0, 0.05) is 16.1 Å². The van der Waals surface area contributed by atoms with Crippen molar-refractivity contribution in [3.63, 3.8) is 0 Å². The molecule has 0 atom stereocenters. The molecular weight excluding hydrogens is 332 g/mol. The summed E-state index contributed by atoms with van der Waals surface area (Å²) in [4.78, 5) is 0. The third-order valence-electron chi connectivity index (χ3n) is 4.10. The normalized spacial score (nSPS) is 13.1.